The van der Waals surface area contributed by atoms with Crippen LogP contribution in [0.15, 0.2) is 40.3 Å². The molecule has 0 bridgehead atoms. The fraction of sp³-hybridized carbons (Fsp3) is 0.350. The van der Waals surface area contributed by atoms with Crippen molar-refractivity contribution >= 4 is 17.5 Å². The number of hydrogen-bond donors (Lipinski definition) is 3. The number of oxime groups is 1. The second-order valence-electron chi connectivity index (χ2n) is 7.54. The zero-order valence-electron chi connectivity index (χ0n) is 17.0. The number of amides is 1. The van der Waals surface area contributed by atoms with Gasteiger partial charge in [0.25, 0.3) is 5.56 Å². The normalized spacial score (nSPS) is 12.0. The lowest BCUT2D eigenvalue weighted by Crippen LogP contribution is -2.45. The molecule has 0 aliphatic rings. The second kappa shape index (κ2) is 8.26. The van der Waals surface area contributed by atoms with Crippen molar-refractivity contribution < 1.29 is 25.1 Å². The van der Waals surface area contributed by atoms with Crippen LogP contribution in [0.5, 0.6) is 5.88 Å². The third-order valence-corrected chi connectivity index (χ3v) is 4.25. The van der Waals surface area contributed by atoms with Gasteiger partial charge in [-0.2, -0.15) is 0 Å². The zero-order chi connectivity index (χ0) is 21.9. The molecule has 1 heterocycles. The fourth-order valence-corrected chi connectivity index (χ4v) is 3.00. The van der Waals surface area contributed by atoms with E-state index in [1.165, 1.54) is 4.90 Å². The molecule has 9 nitrogen and oxygen atoms in total. The fourth-order valence-electron chi connectivity index (χ4n) is 3.00. The van der Waals surface area contributed by atoms with E-state index in [-0.39, 0.29) is 22.6 Å². The number of aryl methyl sites for hydroxylation is 1. The van der Waals surface area contributed by atoms with E-state index in [0.29, 0.717) is 16.8 Å². The summed E-state index contributed by atoms with van der Waals surface area (Å²) in [6.45, 7) is 8.49. The van der Waals surface area contributed by atoms with E-state index in [4.69, 9.17) is 4.84 Å². The minimum absolute atomic E-state index is 0.0219. The number of pyridine rings is 1. The molecule has 0 radical (unpaired) electrons. The number of rotatable bonds is 5. The van der Waals surface area contributed by atoms with Gasteiger partial charge in [-0.25, -0.2) is 4.79 Å². The predicted molar refractivity (Wildman–Crippen MR) is 108 cm³/mol. The minimum atomic E-state index is -1.09. The van der Waals surface area contributed by atoms with E-state index in [9.17, 15) is 25.0 Å². The van der Waals surface area contributed by atoms with E-state index in [0.717, 1.165) is 6.07 Å². The summed E-state index contributed by atoms with van der Waals surface area (Å²) in [7, 11) is 0. The molecule has 0 unspecified atom stereocenters. The maximum Gasteiger partial charge on any atom is 0.412 e. The van der Waals surface area contributed by atoms with Crippen molar-refractivity contribution in [2.24, 2.45) is 5.16 Å². The Hall–Kier alpha value is -3.49. The summed E-state index contributed by atoms with van der Waals surface area (Å²) >= 11 is 0. The van der Waals surface area contributed by atoms with E-state index in [1.54, 1.807) is 58.9 Å². The Labute approximate surface area is 168 Å². The number of benzene rings is 1. The van der Waals surface area contributed by atoms with Gasteiger partial charge in [-0.1, -0.05) is 23.4 Å². The molecule has 156 valence electrons. The van der Waals surface area contributed by atoms with Crippen molar-refractivity contribution in [3.05, 3.63) is 57.4 Å². The number of para-hydroxylation sites is 1. The first kappa shape index (κ1) is 21.8. The first-order valence-electron chi connectivity index (χ1n) is 8.88. The average Bonchev–Trinajstić information content (AvgIpc) is 2.59. The van der Waals surface area contributed by atoms with Crippen LogP contribution in [0.3, 0.4) is 0 Å². The number of carboxylic acid groups (broad SMARTS) is 1. The zero-order valence-corrected chi connectivity index (χ0v) is 17.0. The SMILES string of the molecule is C/C(=N/OCc1ccccc1N(C(=O)O)C(C)(C)C)c1c(C)cc(=O)n(O)c1O. The third kappa shape index (κ3) is 4.68. The smallest absolute Gasteiger partial charge is 0.412 e. The maximum absolute atomic E-state index is 11.8. The van der Waals surface area contributed by atoms with Gasteiger partial charge in [0.2, 0.25) is 5.88 Å². The van der Waals surface area contributed by atoms with Gasteiger partial charge in [-0.3, -0.25) is 9.69 Å². The minimum Gasteiger partial charge on any atom is -0.492 e. The van der Waals surface area contributed by atoms with Gasteiger partial charge in [0.1, 0.15) is 6.61 Å². The Balaban J connectivity index is 2.32. The number of anilines is 1. The summed E-state index contributed by atoms with van der Waals surface area (Å²) in [6, 6.07) is 8.09. The van der Waals surface area contributed by atoms with E-state index in [2.05, 4.69) is 5.16 Å². The Bertz CT molecular complexity index is 1000. The van der Waals surface area contributed by atoms with Crippen LogP contribution < -0.4 is 10.5 Å². The molecule has 1 aromatic heterocycles. The largest absolute Gasteiger partial charge is 0.492 e. The highest BCUT2D eigenvalue weighted by atomic mass is 16.6. The molecular weight excluding hydrogens is 378 g/mol. The molecule has 1 aromatic carbocycles. The van der Waals surface area contributed by atoms with E-state index < -0.39 is 23.1 Å². The lowest BCUT2D eigenvalue weighted by atomic mass is 10.0. The summed E-state index contributed by atoms with van der Waals surface area (Å²) in [5.74, 6) is -0.634. The third-order valence-electron chi connectivity index (χ3n) is 4.25. The van der Waals surface area contributed by atoms with Crippen molar-refractivity contribution in [3.8, 4) is 5.88 Å². The monoisotopic (exact) mass is 403 g/mol. The Morgan fingerprint density at radius 1 is 1.28 bits per heavy atom. The van der Waals surface area contributed by atoms with Crippen LogP contribution in [0.4, 0.5) is 10.5 Å². The van der Waals surface area contributed by atoms with Gasteiger partial charge in [0.05, 0.1) is 17.0 Å². The van der Waals surface area contributed by atoms with Crippen molar-refractivity contribution in [1.82, 2.24) is 4.73 Å². The van der Waals surface area contributed by atoms with Crippen molar-refractivity contribution in [1.29, 1.82) is 0 Å². The molecule has 0 aliphatic carbocycles. The lowest BCUT2D eigenvalue weighted by Gasteiger charge is -2.34. The van der Waals surface area contributed by atoms with Crippen LogP contribution >= 0.6 is 0 Å². The average molecular weight is 403 g/mol. The summed E-state index contributed by atoms with van der Waals surface area (Å²) in [4.78, 5) is 29.9. The predicted octanol–water partition coefficient (Wildman–Crippen LogP) is 3.32. The molecule has 3 N–H and O–H groups in total. The summed E-state index contributed by atoms with van der Waals surface area (Å²) in [5.41, 5.74) is 0.486. The molecule has 2 rings (SSSR count). The van der Waals surface area contributed by atoms with Crippen LogP contribution in [0.2, 0.25) is 0 Å². The van der Waals surface area contributed by atoms with Gasteiger partial charge in [-0.05, 0) is 46.2 Å². The molecule has 0 saturated heterocycles. The Morgan fingerprint density at radius 3 is 2.48 bits per heavy atom. The topological polar surface area (TPSA) is 125 Å². The number of hydrogen-bond acceptors (Lipinski definition) is 6. The van der Waals surface area contributed by atoms with Gasteiger partial charge in [0, 0.05) is 17.2 Å². The Kier molecular flexibility index (Phi) is 6.21. The van der Waals surface area contributed by atoms with Gasteiger partial charge >= 0.3 is 6.09 Å². The molecule has 29 heavy (non-hydrogen) atoms. The summed E-state index contributed by atoms with van der Waals surface area (Å²) in [6.07, 6.45) is -1.09. The van der Waals surface area contributed by atoms with Crippen LogP contribution in [-0.4, -0.2) is 37.5 Å². The number of carbonyl (C=O) groups is 1. The van der Waals surface area contributed by atoms with Gasteiger partial charge in [0.15, 0.2) is 0 Å². The molecule has 2 aromatic rings. The van der Waals surface area contributed by atoms with Gasteiger partial charge < -0.3 is 20.3 Å². The van der Waals surface area contributed by atoms with Crippen LogP contribution in [0.1, 0.15) is 44.4 Å². The van der Waals surface area contributed by atoms with Crippen molar-refractivity contribution in [3.63, 3.8) is 0 Å². The highest BCUT2D eigenvalue weighted by Gasteiger charge is 2.29. The quantitative estimate of drug-likeness (QED) is 0.400. The highest BCUT2D eigenvalue weighted by Crippen LogP contribution is 2.28. The van der Waals surface area contributed by atoms with Crippen LogP contribution in [0, 0.1) is 6.92 Å². The molecule has 1 amide bonds. The van der Waals surface area contributed by atoms with Crippen LogP contribution in [-0.2, 0) is 11.4 Å². The molecular formula is C20H25N3O6. The molecule has 0 atom stereocenters. The molecule has 9 heteroatoms. The van der Waals surface area contributed by atoms with Crippen LogP contribution in [0.25, 0.3) is 0 Å². The molecule has 0 saturated carbocycles. The van der Waals surface area contributed by atoms with E-state index >= 15 is 0 Å². The lowest BCUT2D eigenvalue weighted by molar-refractivity contribution is 0.129. The number of nitrogens with zero attached hydrogens (tertiary/aromatic N) is 3. The first-order chi connectivity index (χ1) is 13.4. The van der Waals surface area contributed by atoms with Crippen molar-refractivity contribution in [2.45, 2.75) is 46.8 Å². The standard InChI is InChI=1S/C20H25N3O6/c1-12-10-16(24)23(28)18(25)17(12)13(2)21-29-11-14-8-6-7-9-15(14)22(19(26)27)20(3,4)5/h6-10,25,28H,11H2,1-5H3,(H,26,27)/b21-13-. The molecule has 0 fully saturated rings. The second-order valence-corrected chi connectivity index (χ2v) is 7.54. The first-order valence-corrected chi connectivity index (χ1v) is 8.88. The molecule has 0 spiro atoms. The maximum atomic E-state index is 11.8. The van der Waals surface area contributed by atoms with E-state index in [1.807, 2.05) is 0 Å². The number of aromatic hydroxyl groups is 1. The number of aromatic nitrogens is 1. The Morgan fingerprint density at radius 2 is 1.90 bits per heavy atom. The molecule has 0 aliphatic heterocycles. The van der Waals surface area contributed by atoms with Crippen molar-refractivity contribution in [2.75, 3.05) is 4.90 Å². The van der Waals surface area contributed by atoms with Gasteiger partial charge in [-0.15, -0.1) is 4.73 Å². The summed E-state index contributed by atoms with van der Waals surface area (Å²) in [5, 5.41) is 33.2. The highest BCUT2D eigenvalue weighted by molar-refractivity contribution is 6.01. The summed E-state index contributed by atoms with van der Waals surface area (Å²) < 4.78 is 0.130.